The maximum absolute atomic E-state index is 13.0. The summed E-state index contributed by atoms with van der Waals surface area (Å²) in [5.74, 6) is 0.0283. The minimum absolute atomic E-state index is 0.0125. The zero-order chi connectivity index (χ0) is 39.1. The second-order valence-corrected chi connectivity index (χ2v) is 16.5. The van der Waals surface area contributed by atoms with E-state index in [0.717, 1.165) is 69.6 Å². The van der Waals surface area contributed by atoms with E-state index in [-0.39, 0.29) is 29.6 Å². The minimum atomic E-state index is -0.521. The predicted octanol–water partition coefficient (Wildman–Crippen LogP) is 7.40. The van der Waals surface area contributed by atoms with Crippen molar-refractivity contribution in [3.8, 4) is 22.5 Å². The lowest BCUT2D eigenvalue weighted by Gasteiger charge is -2.36. The molecule has 1 N–H and O–H groups in total. The molecule has 0 spiro atoms. The van der Waals surface area contributed by atoms with E-state index in [4.69, 9.17) is 29.1 Å². The molecule has 4 aromatic heterocycles. The maximum atomic E-state index is 13.0. The van der Waals surface area contributed by atoms with Crippen LogP contribution in [0, 0.1) is 6.92 Å². The fraction of sp³-hybridized carbons (Fsp3) is 0.488. The van der Waals surface area contributed by atoms with Crippen LogP contribution in [0.15, 0.2) is 53.3 Å². The molecule has 290 valence electrons. The highest BCUT2D eigenvalue weighted by molar-refractivity contribution is 5.94. The van der Waals surface area contributed by atoms with Crippen LogP contribution < -0.4 is 10.2 Å². The summed E-state index contributed by atoms with van der Waals surface area (Å²) in [5, 5.41) is 12.9. The van der Waals surface area contributed by atoms with Gasteiger partial charge >= 0.3 is 6.09 Å². The van der Waals surface area contributed by atoms with E-state index in [9.17, 15) is 9.59 Å². The topological polar surface area (TPSA) is 154 Å². The standard InChI is InChI=1S/C41H51N9O5/c1-25-21-27(12-14-30(25)26(2)44-37(51)35-45-38(55-47-35)40(3,4)5)34-31-22-28(23-43-36(31)50(46-34)33-11-9-10-20-53-33)32-15-13-29(24-42-32)48-16-18-49(19-17-48)39(52)54-41(6,7)8/h12-15,21-24,26,33H,9-11,16-20H2,1-8H3,(H,44,51)/t26-,33?/m1/s1. The number of carbonyl (C=O) groups is 2. The molecule has 0 radical (unpaired) electrons. The van der Waals surface area contributed by atoms with Crippen LogP contribution >= 0.6 is 0 Å². The Kier molecular flexibility index (Phi) is 10.4. The van der Waals surface area contributed by atoms with Crippen molar-refractivity contribution in [2.45, 2.75) is 97.9 Å². The number of ether oxygens (including phenoxy) is 2. The largest absolute Gasteiger partial charge is 0.444 e. The number of hydrogen-bond donors (Lipinski definition) is 1. The number of rotatable bonds is 7. The number of piperazine rings is 1. The zero-order valence-corrected chi connectivity index (χ0v) is 33.0. The summed E-state index contributed by atoms with van der Waals surface area (Å²) < 4.78 is 19.0. The van der Waals surface area contributed by atoms with Crippen LogP contribution in [0.5, 0.6) is 0 Å². The molecule has 2 amide bonds. The molecular formula is C41H51N9O5. The van der Waals surface area contributed by atoms with Crippen molar-refractivity contribution in [2.24, 2.45) is 0 Å². The number of amides is 2. The Labute approximate surface area is 321 Å². The Morgan fingerprint density at radius 3 is 2.36 bits per heavy atom. The first-order chi connectivity index (χ1) is 26.1. The number of hydrogen-bond acceptors (Lipinski definition) is 11. The first kappa shape index (κ1) is 37.9. The van der Waals surface area contributed by atoms with Gasteiger partial charge in [0.15, 0.2) is 11.9 Å². The molecule has 1 unspecified atom stereocenters. The number of nitrogens with one attached hydrogen (secondary N) is 1. The molecule has 2 fully saturated rings. The number of pyridine rings is 2. The van der Waals surface area contributed by atoms with E-state index in [1.807, 2.05) is 90.7 Å². The van der Waals surface area contributed by atoms with Gasteiger partial charge in [0, 0.05) is 60.9 Å². The molecule has 14 nitrogen and oxygen atoms in total. The minimum Gasteiger partial charge on any atom is -0.444 e. The van der Waals surface area contributed by atoms with E-state index >= 15 is 0 Å². The van der Waals surface area contributed by atoms with Gasteiger partial charge < -0.3 is 29.1 Å². The van der Waals surface area contributed by atoms with E-state index in [1.165, 1.54) is 0 Å². The van der Waals surface area contributed by atoms with Crippen molar-refractivity contribution in [1.29, 1.82) is 0 Å². The summed E-state index contributed by atoms with van der Waals surface area (Å²) in [7, 11) is 0. The van der Waals surface area contributed by atoms with Crippen molar-refractivity contribution >= 4 is 28.7 Å². The zero-order valence-electron chi connectivity index (χ0n) is 33.0. The van der Waals surface area contributed by atoms with Crippen molar-refractivity contribution in [3.63, 3.8) is 0 Å². The smallest absolute Gasteiger partial charge is 0.410 e. The van der Waals surface area contributed by atoms with Crippen LogP contribution in [-0.2, 0) is 14.9 Å². The summed E-state index contributed by atoms with van der Waals surface area (Å²) in [6.07, 6.45) is 6.21. The first-order valence-corrected chi connectivity index (χ1v) is 19.1. The second kappa shape index (κ2) is 15.0. The Morgan fingerprint density at radius 1 is 0.945 bits per heavy atom. The summed E-state index contributed by atoms with van der Waals surface area (Å²) in [4.78, 5) is 43.7. The Hall–Kier alpha value is -5.37. The molecule has 0 bridgehead atoms. The van der Waals surface area contributed by atoms with Crippen molar-refractivity contribution < 1.29 is 23.6 Å². The fourth-order valence-corrected chi connectivity index (χ4v) is 6.98. The number of benzene rings is 1. The summed E-state index contributed by atoms with van der Waals surface area (Å²) in [6.45, 7) is 18.7. The molecule has 7 rings (SSSR count). The quantitative estimate of drug-likeness (QED) is 0.177. The molecule has 2 aliphatic rings. The number of aromatic nitrogens is 6. The third kappa shape index (κ3) is 8.34. The van der Waals surface area contributed by atoms with Gasteiger partial charge in [0.2, 0.25) is 5.89 Å². The molecule has 0 aliphatic carbocycles. The number of aryl methyl sites for hydroxylation is 1. The Balaban J connectivity index is 1.12. The van der Waals surface area contributed by atoms with Gasteiger partial charge in [-0.25, -0.2) is 14.5 Å². The summed E-state index contributed by atoms with van der Waals surface area (Å²) >= 11 is 0. The molecule has 14 heteroatoms. The highest BCUT2D eigenvalue weighted by atomic mass is 16.6. The van der Waals surface area contributed by atoms with Gasteiger partial charge in [0.25, 0.3) is 11.7 Å². The van der Waals surface area contributed by atoms with E-state index in [0.29, 0.717) is 38.7 Å². The molecule has 55 heavy (non-hydrogen) atoms. The van der Waals surface area contributed by atoms with Crippen LogP contribution in [0.25, 0.3) is 33.5 Å². The van der Waals surface area contributed by atoms with E-state index < -0.39 is 11.5 Å². The lowest BCUT2D eigenvalue weighted by molar-refractivity contribution is -0.0368. The molecule has 6 heterocycles. The van der Waals surface area contributed by atoms with Crippen LogP contribution in [0.1, 0.15) is 108 Å². The lowest BCUT2D eigenvalue weighted by Crippen LogP contribution is -2.50. The average molecular weight is 750 g/mol. The molecular weight excluding hydrogens is 699 g/mol. The number of nitrogens with zero attached hydrogens (tertiary/aromatic N) is 8. The summed E-state index contributed by atoms with van der Waals surface area (Å²) in [5.41, 5.74) is 6.23. The second-order valence-electron chi connectivity index (χ2n) is 16.5. The number of anilines is 1. The van der Waals surface area contributed by atoms with Gasteiger partial charge in [-0.2, -0.15) is 10.1 Å². The number of carbonyl (C=O) groups excluding carboxylic acids is 2. The number of fused-ring (bicyclic) bond motifs is 1. The molecule has 1 aromatic carbocycles. The third-order valence-corrected chi connectivity index (χ3v) is 9.94. The van der Waals surface area contributed by atoms with Crippen molar-refractivity contribution in [2.75, 3.05) is 37.7 Å². The van der Waals surface area contributed by atoms with Crippen molar-refractivity contribution in [3.05, 3.63) is 71.6 Å². The highest BCUT2D eigenvalue weighted by Crippen LogP contribution is 2.35. The van der Waals surface area contributed by atoms with Crippen LogP contribution in [0.3, 0.4) is 0 Å². The average Bonchev–Trinajstić information content (AvgIpc) is 3.81. The molecule has 0 saturated carbocycles. The van der Waals surface area contributed by atoms with Crippen LogP contribution in [0.2, 0.25) is 0 Å². The SMILES string of the molecule is Cc1cc(-c2nn(C3CCCCO3)c3ncc(-c4ccc(N5CCN(C(=O)OC(C)(C)C)CC5)cn4)cc23)ccc1[C@@H](C)NC(=O)c1noc(C(C)(C)C)n1. The van der Waals surface area contributed by atoms with Gasteiger partial charge in [0.1, 0.15) is 11.3 Å². The van der Waals surface area contributed by atoms with Gasteiger partial charge in [0.05, 0.1) is 23.6 Å². The van der Waals surface area contributed by atoms with Gasteiger partial charge in [-0.3, -0.25) is 9.78 Å². The maximum Gasteiger partial charge on any atom is 0.410 e. The Morgan fingerprint density at radius 2 is 1.73 bits per heavy atom. The summed E-state index contributed by atoms with van der Waals surface area (Å²) in [6, 6.07) is 12.0. The third-order valence-electron chi connectivity index (χ3n) is 9.94. The molecule has 2 atom stereocenters. The first-order valence-electron chi connectivity index (χ1n) is 19.1. The molecule has 2 saturated heterocycles. The predicted molar refractivity (Wildman–Crippen MR) is 209 cm³/mol. The van der Waals surface area contributed by atoms with Gasteiger partial charge in [-0.05, 0) is 89.3 Å². The van der Waals surface area contributed by atoms with E-state index in [1.54, 1.807) is 4.90 Å². The monoisotopic (exact) mass is 749 g/mol. The highest BCUT2D eigenvalue weighted by Gasteiger charge is 2.28. The fourth-order valence-electron chi connectivity index (χ4n) is 6.98. The van der Waals surface area contributed by atoms with Crippen LogP contribution in [-0.4, -0.2) is 85.2 Å². The van der Waals surface area contributed by atoms with Crippen molar-refractivity contribution in [1.82, 2.24) is 40.1 Å². The van der Waals surface area contributed by atoms with Gasteiger partial charge in [-0.15, -0.1) is 0 Å². The van der Waals surface area contributed by atoms with Gasteiger partial charge in [-0.1, -0.05) is 38.1 Å². The molecule has 2 aliphatic heterocycles. The van der Waals surface area contributed by atoms with Crippen LogP contribution in [0.4, 0.5) is 10.5 Å². The lowest BCUT2D eigenvalue weighted by atomic mass is 9.97. The Bertz CT molecular complexity index is 2170. The normalized spacial score (nSPS) is 17.3. The van der Waals surface area contributed by atoms with E-state index in [2.05, 4.69) is 38.6 Å². The molecule has 5 aromatic rings.